The zero-order chi connectivity index (χ0) is 12.5. The van der Waals surface area contributed by atoms with Crippen LogP contribution in [0.1, 0.15) is 45.4 Å². The van der Waals surface area contributed by atoms with Gasteiger partial charge in [0.15, 0.2) is 0 Å². The Morgan fingerprint density at radius 2 is 2.00 bits per heavy atom. The SMILES string of the molecule is CCCN(CC(=O)O)C(=O)C1CC12CCCC2. The molecule has 1 atom stereocenters. The minimum atomic E-state index is -0.909. The third-order valence-corrected chi connectivity index (χ3v) is 4.22. The molecular weight excluding hydrogens is 218 g/mol. The molecule has 2 aliphatic carbocycles. The normalized spacial score (nSPS) is 24.9. The molecule has 2 saturated carbocycles. The number of carbonyl (C=O) groups is 2. The van der Waals surface area contributed by atoms with E-state index in [1.807, 2.05) is 6.92 Å². The smallest absolute Gasteiger partial charge is 0.323 e. The second-order valence-electron chi connectivity index (χ2n) is 5.48. The average Bonchev–Trinajstić information content (AvgIpc) is 2.74. The van der Waals surface area contributed by atoms with Crippen molar-refractivity contribution in [3.05, 3.63) is 0 Å². The van der Waals surface area contributed by atoms with Crippen molar-refractivity contribution in [1.29, 1.82) is 0 Å². The summed E-state index contributed by atoms with van der Waals surface area (Å²) in [5.74, 6) is -0.708. The second-order valence-corrected chi connectivity index (χ2v) is 5.48. The molecule has 4 heteroatoms. The Bertz CT molecular complexity index is 321. The molecule has 0 bridgehead atoms. The van der Waals surface area contributed by atoms with Gasteiger partial charge in [0.05, 0.1) is 0 Å². The van der Waals surface area contributed by atoms with Gasteiger partial charge in [-0.3, -0.25) is 9.59 Å². The highest BCUT2D eigenvalue weighted by Crippen LogP contribution is 2.63. The lowest BCUT2D eigenvalue weighted by molar-refractivity contribution is -0.145. The third-order valence-electron chi connectivity index (χ3n) is 4.22. The average molecular weight is 239 g/mol. The van der Waals surface area contributed by atoms with Gasteiger partial charge < -0.3 is 10.0 Å². The lowest BCUT2D eigenvalue weighted by Gasteiger charge is -2.21. The van der Waals surface area contributed by atoms with E-state index in [2.05, 4.69) is 0 Å². The van der Waals surface area contributed by atoms with Crippen LogP contribution in [0, 0.1) is 11.3 Å². The van der Waals surface area contributed by atoms with Crippen LogP contribution in [0.3, 0.4) is 0 Å². The van der Waals surface area contributed by atoms with Crippen molar-refractivity contribution in [2.75, 3.05) is 13.1 Å². The second kappa shape index (κ2) is 4.67. The van der Waals surface area contributed by atoms with E-state index in [1.165, 1.54) is 17.7 Å². The highest BCUT2D eigenvalue weighted by Gasteiger charge is 2.59. The van der Waals surface area contributed by atoms with Crippen LogP contribution in [0.5, 0.6) is 0 Å². The standard InChI is InChI=1S/C13H21NO3/c1-2-7-14(9-11(15)16)12(17)10-8-13(10)5-3-4-6-13/h10H,2-9H2,1H3,(H,15,16). The fourth-order valence-electron chi connectivity index (χ4n) is 3.25. The van der Waals surface area contributed by atoms with Crippen molar-refractivity contribution >= 4 is 11.9 Å². The molecule has 2 rings (SSSR count). The Labute approximate surface area is 102 Å². The van der Waals surface area contributed by atoms with Crippen LogP contribution in [0.15, 0.2) is 0 Å². The van der Waals surface area contributed by atoms with Gasteiger partial charge in [0, 0.05) is 12.5 Å². The predicted molar refractivity (Wildman–Crippen MR) is 63.5 cm³/mol. The molecule has 17 heavy (non-hydrogen) atoms. The lowest BCUT2D eigenvalue weighted by Crippen LogP contribution is -2.38. The number of carboxylic acid groups (broad SMARTS) is 1. The summed E-state index contributed by atoms with van der Waals surface area (Å²) in [6.45, 7) is 2.40. The lowest BCUT2D eigenvalue weighted by atomic mass is 10.0. The molecule has 0 heterocycles. The summed E-state index contributed by atoms with van der Waals surface area (Å²) < 4.78 is 0. The first kappa shape index (κ1) is 12.4. The quantitative estimate of drug-likeness (QED) is 0.797. The van der Waals surface area contributed by atoms with Gasteiger partial charge in [-0.15, -0.1) is 0 Å². The number of hydrogen-bond acceptors (Lipinski definition) is 2. The molecule has 0 aromatic carbocycles. The molecule has 0 saturated heterocycles. The summed E-state index contributed by atoms with van der Waals surface area (Å²) >= 11 is 0. The van der Waals surface area contributed by atoms with Crippen molar-refractivity contribution in [1.82, 2.24) is 4.90 Å². The molecule has 0 aromatic rings. The summed E-state index contributed by atoms with van der Waals surface area (Å²) in [5.41, 5.74) is 0.265. The number of rotatable bonds is 5. The fourth-order valence-corrected chi connectivity index (χ4v) is 3.25. The van der Waals surface area contributed by atoms with Crippen molar-refractivity contribution in [2.45, 2.75) is 45.4 Å². The van der Waals surface area contributed by atoms with Gasteiger partial charge in [0.2, 0.25) is 5.91 Å². The zero-order valence-corrected chi connectivity index (χ0v) is 10.4. The first-order chi connectivity index (χ1) is 8.09. The highest BCUT2D eigenvalue weighted by atomic mass is 16.4. The number of amides is 1. The molecule has 2 fully saturated rings. The summed E-state index contributed by atoms with van der Waals surface area (Å²) in [4.78, 5) is 24.5. The Balaban J connectivity index is 1.95. The molecule has 1 N–H and O–H groups in total. The number of carboxylic acids is 1. The van der Waals surface area contributed by atoms with E-state index < -0.39 is 5.97 Å². The van der Waals surface area contributed by atoms with Crippen LogP contribution < -0.4 is 0 Å². The van der Waals surface area contributed by atoms with Crippen molar-refractivity contribution < 1.29 is 14.7 Å². The van der Waals surface area contributed by atoms with E-state index in [-0.39, 0.29) is 23.8 Å². The maximum Gasteiger partial charge on any atom is 0.323 e. The van der Waals surface area contributed by atoms with E-state index in [0.29, 0.717) is 6.54 Å². The molecule has 96 valence electrons. The molecule has 2 aliphatic rings. The van der Waals surface area contributed by atoms with E-state index in [1.54, 1.807) is 0 Å². The number of aliphatic carboxylic acids is 1. The Kier molecular flexibility index (Phi) is 3.40. The monoisotopic (exact) mass is 239 g/mol. The summed E-state index contributed by atoms with van der Waals surface area (Å²) in [7, 11) is 0. The van der Waals surface area contributed by atoms with Crippen molar-refractivity contribution in [2.24, 2.45) is 11.3 Å². The number of nitrogens with zero attached hydrogens (tertiary/aromatic N) is 1. The molecule has 0 radical (unpaired) electrons. The Hall–Kier alpha value is -1.06. The summed E-state index contributed by atoms with van der Waals surface area (Å²) in [6, 6.07) is 0. The molecule has 0 aromatic heterocycles. The van der Waals surface area contributed by atoms with E-state index in [0.717, 1.165) is 25.7 Å². The summed E-state index contributed by atoms with van der Waals surface area (Å²) in [5, 5.41) is 8.82. The molecule has 1 amide bonds. The molecular formula is C13H21NO3. The largest absolute Gasteiger partial charge is 0.480 e. The highest BCUT2D eigenvalue weighted by molar-refractivity contribution is 5.86. The number of hydrogen-bond donors (Lipinski definition) is 1. The molecule has 0 aliphatic heterocycles. The molecule has 1 unspecified atom stereocenters. The van der Waals surface area contributed by atoms with Gasteiger partial charge in [0.25, 0.3) is 0 Å². The van der Waals surface area contributed by atoms with Crippen LogP contribution in [-0.2, 0) is 9.59 Å². The van der Waals surface area contributed by atoms with Crippen molar-refractivity contribution in [3.63, 3.8) is 0 Å². The molecule has 4 nitrogen and oxygen atoms in total. The van der Waals surface area contributed by atoms with Gasteiger partial charge >= 0.3 is 5.97 Å². The Morgan fingerprint density at radius 3 is 2.53 bits per heavy atom. The van der Waals surface area contributed by atoms with Gasteiger partial charge in [-0.05, 0) is 31.1 Å². The van der Waals surface area contributed by atoms with Crippen molar-refractivity contribution in [3.8, 4) is 0 Å². The predicted octanol–water partition coefficient (Wildman–Crippen LogP) is 1.89. The Morgan fingerprint density at radius 1 is 1.35 bits per heavy atom. The van der Waals surface area contributed by atoms with Gasteiger partial charge in [-0.1, -0.05) is 19.8 Å². The summed E-state index contributed by atoms with van der Waals surface area (Å²) in [6.07, 6.45) is 6.60. The first-order valence-electron chi connectivity index (χ1n) is 6.59. The zero-order valence-electron chi connectivity index (χ0n) is 10.4. The van der Waals surface area contributed by atoms with E-state index >= 15 is 0 Å². The maximum absolute atomic E-state index is 12.3. The first-order valence-corrected chi connectivity index (χ1v) is 6.59. The fraction of sp³-hybridized carbons (Fsp3) is 0.846. The van der Waals surface area contributed by atoms with E-state index in [9.17, 15) is 9.59 Å². The minimum absolute atomic E-state index is 0.0798. The van der Waals surface area contributed by atoms with E-state index in [4.69, 9.17) is 5.11 Å². The van der Waals surface area contributed by atoms with Gasteiger partial charge in [-0.25, -0.2) is 0 Å². The third kappa shape index (κ3) is 2.45. The topological polar surface area (TPSA) is 57.6 Å². The van der Waals surface area contributed by atoms with Gasteiger partial charge in [0.1, 0.15) is 6.54 Å². The van der Waals surface area contributed by atoms with Gasteiger partial charge in [-0.2, -0.15) is 0 Å². The van der Waals surface area contributed by atoms with Crippen LogP contribution in [0.4, 0.5) is 0 Å². The van der Waals surface area contributed by atoms with Crippen LogP contribution in [-0.4, -0.2) is 35.0 Å². The minimum Gasteiger partial charge on any atom is -0.480 e. The van der Waals surface area contributed by atoms with Crippen LogP contribution in [0.25, 0.3) is 0 Å². The number of carbonyl (C=O) groups excluding carboxylic acids is 1. The van der Waals surface area contributed by atoms with Crippen LogP contribution in [0.2, 0.25) is 0 Å². The maximum atomic E-state index is 12.3. The van der Waals surface area contributed by atoms with Crippen LogP contribution >= 0.6 is 0 Å². The molecule has 1 spiro atoms.